The summed E-state index contributed by atoms with van der Waals surface area (Å²) in [5.74, 6) is -0.851. The number of rotatable bonds is 2. The van der Waals surface area contributed by atoms with E-state index in [0.717, 1.165) is 22.3 Å². The van der Waals surface area contributed by atoms with Gasteiger partial charge in [0.1, 0.15) is 11.5 Å². The standard InChI is InChI=1S/C18H17FN2O/c1-10-14-8-13(19)9-15(12-6-4-3-5-7-12)16(14)11(2)21-17(10)18(20)22/h3-9,11,21H,1-2H3,(H2,20,22). The van der Waals surface area contributed by atoms with Gasteiger partial charge in [-0.2, -0.15) is 0 Å². The number of nitrogens with two attached hydrogens (primary N) is 1. The summed E-state index contributed by atoms with van der Waals surface area (Å²) in [7, 11) is 0. The van der Waals surface area contributed by atoms with E-state index in [1.54, 1.807) is 6.92 Å². The number of benzene rings is 2. The molecule has 1 aliphatic rings. The molecule has 2 aromatic rings. The molecule has 1 unspecified atom stereocenters. The Morgan fingerprint density at radius 3 is 2.45 bits per heavy atom. The highest BCUT2D eigenvalue weighted by Crippen LogP contribution is 2.39. The van der Waals surface area contributed by atoms with Gasteiger partial charge in [0.25, 0.3) is 5.91 Å². The van der Waals surface area contributed by atoms with Crippen molar-refractivity contribution < 1.29 is 9.18 Å². The molecule has 112 valence electrons. The first-order valence-electron chi connectivity index (χ1n) is 7.15. The van der Waals surface area contributed by atoms with Crippen molar-refractivity contribution in [2.24, 2.45) is 5.73 Å². The first-order chi connectivity index (χ1) is 10.5. The van der Waals surface area contributed by atoms with Crippen LogP contribution in [-0.4, -0.2) is 5.91 Å². The van der Waals surface area contributed by atoms with Gasteiger partial charge in [-0.1, -0.05) is 30.3 Å². The van der Waals surface area contributed by atoms with Gasteiger partial charge in [-0.3, -0.25) is 4.79 Å². The van der Waals surface area contributed by atoms with Crippen molar-refractivity contribution in [3.05, 3.63) is 65.1 Å². The number of fused-ring (bicyclic) bond motifs is 1. The summed E-state index contributed by atoms with van der Waals surface area (Å²) in [6, 6.07) is 12.5. The molecule has 22 heavy (non-hydrogen) atoms. The Morgan fingerprint density at radius 1 is 1.18 bits per heavy atom. The number of hydrogen-bond acceptors (Lipinski definition) is 2. The maximum absolute atomic E-state index is 14.1. The van der Waals surface area contributed by atoms with E-state index in [2.05, 4.69) is 5.32 Å². The molecule has 0 aliphatic carbocycles. The number of allylic oxidation sites excluding steroid dienone is 1. The van der Waals surface area contributed by atoms with Crippen molar-refractivity contribution in [2.45, 2.75) is 19.9 Å². The van der Waals surface area contributed by atoms with Crippen LogP contribution in [0.4, 0.5) is 4.39 Å². The third-order valence-corrected chi connectivity index (χ3v) is 4.05. The Labute approximate surface area is 128 Å². The summed E-state index contributed by atoms with van der Waals surface area (Å²) < 4.78 is 14.1. The van der Waals surface area contributed by atoms with Crippen molar-refractivity contribution in [2.75, 3.05) is 0 Å². The third-order valence-electron chi connectivity index (χ3n) is 4.05. The van der Waals surface area contributed by atoms with E-state index >= 15 is 0 Å². The molecule has 1 atom stereocenters. The topological polar surface area (TPSA) is 55.1 Å². The lowest BCUT2D eigenvalue weighted by Crippen LogP contribution is -2.33. The molecule has 4 heteroatoms. The summed E-state index contributed by atoms with van der Waals surface area (Å²) in [6.07, 6.45) is 0. The molecular weight excluding hydrogens is 279 g/mol. The Bertz CT molecular complexity index is 781. The molecule has 0 spiro atoms. The number of halogens is 1. The highest BCUT2D eigenvalue weighted by Gasteiger charge is 2.27. The lowest BCUT2D eigenvalue weighted by molar-refractivity contribution is -0.115. The van der Waals surface area contributed by atoms with E-state index in [-0.39, 0.29) is 11.9 Å². The minimum absolute atomic E-state index is 0.128. The summed E-state index contributed by atoms with van der Waals surface area (Å²) in [5.41, 5.74) is 9.94. The largest absolute Gasteiger partial charge is 0.374 e. The molecule has 0 bridgehead atoms. The molecule has 1 aliphatic heterocycles. The van der Waals surface area contributed by atoms with Crippen molar-refractivity contribution in [1.29, 1.82) is 0 Å². The fourth-order valence-electron chi connectivity index (χ4n) is 3.04. The highest BCUT2D eigenvalue weighted by atomic mass is 19.1. The van der Waals surface area contributed by atoms with Crippen LogP contribution >= 0.6 is 0 Å². The smallest absolute Gasteiger partial charge is 0.265 e. The molecule has 1 heterocycles. The molecule has 0 aromatic heterocycles. The quantitative estimate of drug-likeness (QED) is 0.892. The van der Waals surface area contributed by atoms with E-state index in [1.807, 2.05) is 37.3 Å². The summed E-state index contributed by atoms with van der Waals surface area (Å²) in [6.45, 7) is 3.73. The Hall–Kier alpha value is -2.62. The van der Waals surface area contributed by atoms with Crippen LogP contribution in [0, 0.1) is 5.82 Å². The monoisotopic (exact) mass is 296 g/mol. The Balaban J connectivity index is 2.30. The molecule has 3 nitrogen and oxygen atoms in total. The molecule has 0 saturated heterocycles. The van der Waals surface area contributed by atoms with Crippen LogP contribution in [0.3, 0.4) is 0 Å². The van der Waals surface area contributed by atoms with Crippen LogP contribution < -0.4 is 11.1 Å². The van der Waals surface area contributed by atoms with Crippen LogP contribution in [0.5, 0.6) is 0 Å². The lowest BCUT2D eigenvalue weighted by atomic mass is 9.85. The molecule has 2 aromatic carbocycles. The Kier molecular flexibility index (Phi) is 3.45. The highest BCUT2D eigenvalue weighted by molar-refractivity contribution is 6.01. The molecule has 1 amide bonds. The number of carbonyl (C=O) groups is 1. The average Bonchev–Trinajstić information content (AvgIpc) is 2.50. The maximum Gasteiger partial charge on any atom is 0.265 e. The van der Waals surface area contributed by atoms with Crippen LogP contribution in [-0.2, 0) is 4.79 Å². The predicted octanol–water partition coefficient (Wildman–Crippen LogP) is 3.37. The van der Waals surface area contributed by atoms with Gasteiger partial charge in [0, 0.05) is 6.04 Å². The fraction of sp³-hybridized carbons (Fsp3) is 0.167. The van der Waals surface area contributed by atoms with E-state index in [9.17, 15) is 9.18 Å². The molecule has 0 radical (unpaired) electrons. The van der Waals surface area contributed by atoms with E-state index in [4.69, 9.17) is 5.73 Å². The van der Waals surface area contributed by atoms with Gasteiger partial charge >= 0.3 is 0 Å². The Morgan fingerprint density at radius 2 is 1.82 bits per heavy atom. The predicted molar refractivity (Wildman–Crippen MR) is 85.2 cm³/mol. The van der Waals surface area contributed by atoms with E-state index < -0.39 is 5.91 Å². The second kappa shape index (κ2) is 5.30. The molecular formula is C18H17FN2O. The van der Waals surface area contributed by atoms with Gasteiger partial charge in [-0.05, 0) is 53.8 Å². The van der Waals surface area contributed by atoms with Crippen LogP contribution in [0.1, 0.15) is 31.0 Å². The van der Waals surface area contributed by atoms with Crippen LogP contribution in [0.25, 0.3) is 16.7 Å². The van der Waals surface area contributed by atoms with Gasteiger partial charge in [0.2, 0.25) is 0 Å². The molecule has 0 fully saturated rings. The van der Waals surface area contributed by atoms with Crippen molar-refractivity contribution in [1.82, 2.24) is 5.32 Å². The summed E-state index contributed by atoms with van der Waals surface area (Å²) in [5, 5.41) is 3.13. The van der Waals surface area contributed by atoms with Crippen LogP contribution in [0.15, 0.2) is 48.2 Å². The second-order valence-electron chi connectivity index (χ2n) is 5.51. The van der Waals surface area contributed by atoms with Crippen molar-refractivity contribution >= 4 is 11.5 Å². The SMILES string of the molecule is CC1=C(C(N)=O)NC(C)c2c1cc(F)cc2-c1ccccc1. The number of amides is 1. The molecule has 3 rings (SSSR count). The van der Waals surface area contributed by atoms with Gasteiger partial charge < -0.3 is 11.1 Å². The second-order valence-corrected chi connectivity index (χ2v) is 5.51. The number of carbonyl (C=O) groups excluding carboxylic acids is 1. The van der Waals surface area contributed by atoms with Crippen LogP contribution in [0.2, 0.25) is 0 Å². The first kappa shape index (κ1) is 14.3. The summed E-state index contributed by atoms with van der Waals surface area (Å²) in [4.78, 5) is 11.6. The van der Waals surface area contributed by atoms with E-state index in [0.29, 0.717) is 11.3 Å². The first-order valence-corrected chi connectivity index (χ1v) is 7.15. The molecule has 3 N–H and O–H groups in total. The van der Waals surface area contributed by atoms with Crippen molar-refractivity contribution in [3.8, 4) is 11.1 Å². The maximum atomic E-state index is 14.1. The fourth-order valence-corrected chi connectivity index (χ4v) is 3.04. The number of hydrogen-bond donors (Lipinski definition) is 2. The zero-order valence-electron chi connectivity index (χ0n) is 12.5. The van der Waals surface area contributed by atoms with Gasteiger partial charge in [0.05, 0.1) is 0 Å². The minimum atomic E-state index is -0.527. The zero-order valence-corrected chi connectivity index (χ0v) is 12.5. The zero-order chi connectivity index (χ0) is 15.9. The number of nitrogens with one attached hydrogen (secondary N) is 1. The van der Waals surface area contributed by atoms with E-state index in [1.165, 1.54) is 12.1 Å². The van der Waals surface area contributed by atoms with Gasteiger partial charge in [-0.25, -0.2) is 4.39 Å². The van der Waals surface area contributed by atoms with Gasteiger partial charge in [0.15, 0.2) is 0 Å². The molecule has 0 saturated carbocycles. The minimum Gasteiger partial charge on any atom is -0.374 e. The van der Waals surface area contributed by atoms with Gasteiger partial charge in [-0.15, -0.1) is 0 Å². The lowest BCUT2D eigenvalue weighted by Gasteiger charge is -2.29. The normalized spacial score (nSPS) is 17.0. The summed E-state index contributed by atoms with van der Waals surface area (Å²) >= 11 is 0. The third kappa shape index (κ3) is 2.26. The number of primary amides is 1. The average molecular weight is 296 g/mol. The van der Waals surface area contributed by atoms with Crippen molar-refractivity contribution in [3.63, 3.8) is 0 Å².